The highest BCUT2D eigenvalue weighted by atomic mass is 16.1. The van der Waals surface area contributed by atoms with E-state index in [1.807, 2.05) is 14.0 Å². The lowest BCUT2D eigenvalue weighted by Gasteiger charge is -2.10. The first-order valence-corrected chi connectivity index (χ1v) is 6.07. The van der Waals surface area contributed by atoms with Crippen molar-refractivity contribution < 1.29 is 4.79 Å². The van der Waals surface area contributed by atoms with Crippen LogP contribution in [0, 0.1) is 12.8 Å². The maximum absolute atomic E-state index is 11.7. The summed E-state index contributed by atoms with van der Waals surface area (Å²) >= 11 is 0. The molecule has 1 heterocycles. The van der Waals surface area contributed by atoms with Crippen molar-refractivity contribution in [1.82, 2.24) is 15.1 Å². The predicted molar refractivity (Wildman–Crippen MR) is 65.1 cm³/mol. The number of rotatable bonds is 5. The molecule has 17 heavy (non-hydrogen) atoms. The Balaban J connectivity index is 1.77. The molecule has 2 rings (SSSR count). The number of nitrogens with two attached hydrogens (primary N) is 1. The summed E-state index contributed by atoms with van der Waals surface area (Å²) in [5.41, 5.74) is 8.04. The Morgan fingerprint density at radius 3 is 2.94 bits per heavy atom. The van der Waals surface area contributed by atoms with Gasteiger partial charge in [0.25, 0.3) is 0 Å². The van der Waals surface area contributed by atoms with Gasteiger partial charge in [-0.2, -0.15) is 5.10 Å². The molecular weight excluding hydrogens is 216 g/mol. The average molecular weight is 236 g/mol. The highest BCUT2D eigenvalue weighted by Gasteiger charge is 2.29. The number of amides is 1. The van der Waals surface area contributed by atoms with Gasteiger partial charge in [0.15, 0.2) is 0 Å². The van der Waals surface area contributed by atoms with Crippen molar-refractivity contribution in [3.63, 3.8) is 0 Å². The van der Waals surface area contributed by atoms with Crippen molar-refractivity contribution in [3.8, 4) is 0 Å². The van der Waals surface area contributed by atoms with E-state index in [9.17, 15) is 4.79 Å². The summed E-state index contributed by atoms with van der Waals surface area (Å²) < 4.78 is 1.80. The molecule has 1 aromatic heterocycles. The molecule has 1 aromatic rings. The molecule has 1 saturated carbocycles. The second-order valence-electron chi connectivity index (χ2n) is 4.86. The third-order valence-electron chi connectivity index (χ3n) is 3.46. The first kappa shape index (κ1) is 12.1. The van der Waals surface area contributed by atoms with E-state index in [0.717, 1.165) is 11.3 Å². The number of aryl methyl sites for hydroxylation is 1. The summed E-state index contributed by atoms with van der Waals surface area (Å²) in [5.74, 6) is 0.605. The van der Waals surface area contributed by atoms with Crippen LogP contribution in [0.1, 0.15) is 30.5 Å². The maximum Gasteiger partial charge on any atom is 0.221 e. The molecule has 0 bridgehead atoms. The number of carbonyl (C=O) groups is 1. The van der Waals surface area contributed by atoms with Crippen molar-refractivity contribution in [2.45, 2.75) is 38.8 Å². The summed E-state index contributed by atoms with van der Waals surface area (Å²) in [4.78, 5) is 11.7. The number of nitrogens with zero attached hydrogens (tertiary/aromatic N) is 2. The second-order valence-corrected chi connectivity index (χ2v) is 4.86. The molecule has 0 saturated heterocycles. The summed E-state index contributed by atoms with van der Waals surface area (Å²) in [7, 11) is 1.89. The minimum atomic E-state index is 0.0324. The van der Waals surface area contributed by atoms with Gasteiger partial charge in [0.1, 0.15) is 0 Å². The molecule has 0 spiro atoms. The number of nitrogens with one attached hydrogen (secondary N) is 1. The molecule has 94 valence electrons. The lowest BCUT2D eigenvalue weighted by molar-refractivity contribution is -0.121. The van der Waals surface area contributed by atoms with E-state index in [-0.39, 0.29) is 11.9 Å². The number of hydrogen-bond donors (Lipinski definition) is 2. The van der Waals surface area contributed by atoms with Crippen LogP contribution in [-0.4, -0.2) is 21.7 Å². The van der Waals surface area contributed by atoms with Gasteiger partial charge in [-0.15, -0.1) is 0 Å². The van der Waals surface area contributed by atoms with Crippen LogP contribution in [-0.2, 0) is 18.4 Å². The summed E-state index contributed by atoms with van der Waals surface area (Å²) in [6, 6.07) is 0.0324. The predicted octanol–water partition coefficient (Wildman–Crippen LogP) is 0.472. The van der Waals surface area contributed by atoms with Crippen molar-refractivity contribution >= 4 is 5.91 Å². The molecule has 1 aliphatic rings. The van der Waals surface area contributed by atoms with E-state index in [1.54, 1.807) is 10.9 Å². The van der Waals surface area contributed by atoms with E-state index in [2.05, 4.69) is 10.4 Å². The quantitative estimate of drug-likeness (QED) is 0.780. The molecule has 1 amide bonds. The number of aromatic nitrogens is 2. The van der Waals surface area contributed by atoms with Crippen LogP contribution in [0.5, 0.6) is 0 Å². The lowest BCUT2D eigenvalue weighted by atomic mass is 10.1. The first-order chi connectivity index (χ1) is 8.08. The Kier molecular flexibility index (Phi) is 3.47. The molecule has 5 nitrogen and oxygen atoms in total. The van der Waals surface area contributed by atoms with Crippen LogP contribution in [0.25, 0.3) is 0 Å². The SMILES string of the molecule is Cc1c(CNC(=O)CC(N)C2CC2)cnn1C. The van der Waals surface area contributed by atoms with E-state index >= 15 is 0 Å². The van der Waals surface area contributed by atoms with Crippen LogP contribution in [0.4, 0.5) is 0 Å². The van der Waals surface area contributed by atoms with Gasteiger partial charge in [-0.05, 0) is 25.7 Å². The lowest BCUT2D eigenvalue weighted by Crippen LogP contribution is -2.32. The van der Waals surface area contributed by atoms with Crippen LogP contribution in [0.3, 0.4) is 0 Å². The molecule has 3 N–H and O–H groups in total. The van der Waals surface area contributed by atoms with Gasteiger partial charge >= 0.3 is 0 Å². The standard InChI is InChI=1S/C12H20N4O/c1-8-10(7-15-16(8)2)6-14-12(17)5-11(13)9-3-4-9/h7,9,11H,3-6,13H2,1-2H3,(H,14,17). The Morgan fingerprint density at radius 2 is 2.41 bits per heavy atom. The zero-order chi connectivity index (χ0) is 12.4. The summed E-state index contributed by atoms with van der Waals surface area (Å²) in [5, 5.41) is 7.03. The minimum Gasteiger partial charge on any atom is -0.352 e. The van der Waals surface area contributed by atoms with Gasteiger partial charge in [-0.1, -0.05) is 0 Å². The minimum absolute atomic E-state index is 0.0324. The Hall–Kier alpha value is -1.36. The van der Waals surface area contributed by atoms with Crippen molar-refractivity contribution in [2.24, 2.45) is 18.7 Å². The largest absolute Gasteiger partial charge is 0.352 e. The van der Waals surface area contributed by atoms with Crippen molar-refractivity contribution in [2.75, 3.05) is 0 Å². The van der Waals surface area contributed by atoms with Crippen LogP contribution < -0.4 is 11.1 Å². The third kappa shape index (κ3) is 3.06. The molecular formula is C12H20N4O. The zero-order valence-corrected chi connectivity index (χ0v) is 10.4. The topological polar surface area (TPSA) is 72.9 Å². The Labute approximate surface area is 101 Å². The van der Waals surface area contributed by atoms with Crippen LogP contribution >= 0.6 is 0 Å². The van der Waals surface area contributed by atoms with E-state index < -0.39 is 0 Å². The fourth-order valence-corrected chi connectivity index (χ4v) is 1.89. The molecule has 1 atom stereocenters. The van der Waals surface area contributed by atoms with Gasteiger partial charge in [0.2, 0.25) is 5.91 Å². The van der Waals surface area contributed by atoms with Gasteiger partial charge in [-0.25, -0.2) is 0 Å². The molecule has 0 aromatic carbocycles. The molecule has 1 unspecified atom stereocenters. The van der Waals surface area contributed by atoms with Crippen molar-refractivity contribution in [3.05, 3.63) is 17.5 Å². The highest BCUT2D eigenvalue weighted by molar-refractivity contribution is 5.76. The normalized spacial score (nSPS) is 16.9. The fourth-order valence-electron chi connectivity index (χ4n) is 1.89. The highest BCUT2D eigenvalue weighted by Crippen LogP contribution is 2.32. The van der Waals surface area contributed by atoms with Crippen molar-refractivity contribution in [1.29, 1.82) is 0 Å². The van der Waals surface area contributed by atoms with Gasteiger partial charge in [0.05, 0.1) is 6.20 Å². The molecule has 0 radical (unpaired) electrons. The smallest absolute Gasteiger partial charge is 0.221 e. The number of carbonyl (C=O) groups excluding carboxylic acids is 1. The van der Waals surface area contributed by atoms with Crippen LogP contribution in [0.2, 0.25) is 0 Å². The first-order valence-electron chi connectivity index (χ1n) is 6.07. The summed E-state index contributed by atoms with van der Waals surface area (Å²) in [6.07, 6.45) is 4.58. The van der Waals surface area contributed by atoms with E-state index in [0.29, 0.717) is 18.9 Å². The molecule has 5 heteroatoms. The van der Waals surface area contributed by atoms with E-state index in [1.165, 1.54) is 12.8 Å². The zero-order valence-electron chi connectivity index (χ0n) is 10.4. The van der Waals surface area contributed by atoms with Gasteiger partial charge < -0.3 is 11.1 Å². The van der Waals surface area contributed by atoms with Crippen LogP contribution in [0.15, 0.2) is 6.20 Å². The molecule has 1 aliphatic carbocycles. The number of hydrogen-bond acceptors (Lipinski definition) is 3. The fraction of sp³-hybridized carbons (Fsp3) is 0.667. The monoisotopic (exact) mass is 236 g/mol. The molecule has 0 aliphatic heterocycles. The van der Waals surface area contributed by atoms with Gasteiger partial charge in [0, 0.05) is 37.3 Å². The Bertz CT molecular complexity index is 409. The van der Waals surface area contributed by atoms with E-state index in [4.69, 9.17) is 5.73 Å². The van der Waals surface area contributed by atoms with Gasteiger partial charge in [-0.3, -0.25) is 9.48 Å². The summed E-state index contributed by atoms with van der Waals surface area (Å²) in [6.45, 7) is 2.53. The molecule has 1 fully saturated rings. The Morgan fingerprint density at radius 1 is 1.71 bits per heavy atom. The second kappa shape index (κ2) is 4.87. The third-order valence-corrected chi connectivity index (χ3v) is 3.46. The average Bonchev–Trinajstić information content (AvgIpc) is 3.07. The maximum atomic E-state index is 11.7.